The summed E-state index contributed by atoms with van der Waals surface area (Å²) in [6, 6.07) is 8.25. The first kappa shape index (κ1) is 17.0. The van der Waals surface area contributed by atoms with Crippen molar-refractivity contribution in [2.24, 2.45) is 5.92 Å². The zero-order valence-electron chi connectivity index (χ0n) is 13.3. The molecule has 24 heavy (non-hydrogen) atoms. The SMILES string of the molecule is O=C(O)C[C@H](NC(=O)C1CCS(=O)(=O)C12CCC2)c1ccccc1. The minimum Gasteiger partial charge on any atom is -0.481 e. The second-order valence-electron chi connectivity index (χ2n) is 6.65. The first-order chi connectivity index (χ1) is 11.4. The van der Waals surface area contributed by atoms with Crippen molar-refractivity contribution < 1.29 is 23.1 Å². The lowest BCUT2D eigenvalue weighted by atomic mass is 9.73. The lowest BCUT2D eigenvalue weighted by Crippen LogP contribution is -2.52. The van der Waals surface area contributed by atoms with Crippen molar-refractivity contribution in [2.75, 3.05) is 5.75 Å². The van der Waals surface area contributed by atoms with Gasteiger partial charge in [-0.15, -0.1) is 0 Å². The van der Waals surface area contributed by atoms with E-state index in [1.165, 1.54) is 0 Å². The van der Waals surface area contributed by atoms with Crippen LogP contribution in [0.25, 0.3) is 0 Å². The fraction of sp³-hybridized carbons (Fsp3) is 0.529. The second kappa shape index (κ2) is 6.20. The monoisotopic (exact) mass is 351 g/mol. The summed E-state index contributed by atoms with van der Waals surface area (Å²) in [5.74, 6) is -1.89. The number of carbonyl (C=O) groups excluding carboxylic acids is 1. The summed E-state index contributed by atoms with van der Waals surface area (Å²) in [4.78, 5) is 23.9. The van der Waals surface area contributed by atoms with Gasteiger partial charge in [0.15, 0.2) is 9.84 Å². The van der Waals surface area contributed by atoms with Crippen molar-refractivity contribution >= 4 is 21.7 Å². The van der Waals surface area contributed by atoms with E-state index in [2.05, 4.69) is 5.32 Å². The largest absolute Gasteiger partial charge is 0.481 e. The molecule has 2 atom stereocenters. The Kier molecular flexibility index (Phi) is 4.38. The van der Waals surface area contributed by atoms with Crippen LogP contribution >= 0.6 is 0 Å². The minimum absolute atomic E-state index is 0.0417. The van der Waals surface area contributed by atoms with Crippen molar-refractivity contribution in [3.8, 4) is 0 Å². The Morgan fingerprint density at radius 3 is 2.46 bits per heavy atom. The first-order valence-electron chi connectivity index (χ1n) is 8.15. The van der Waals surface area contributed by atoms with Crippen LogP contribution < -0.4 is 5.32 Å². The maximum absolute atomic E-state index is 12.7. The summed E-state index contributed by atoms with van der Waals surface area (Å²) in [5.41, 5.74) is 0.705. The molecule has 2 aliphatic rings. The van der Waals surface area contributed by atoms with Crippen LogP contribution in [-0.2, 0) is 19.4 Å². The molecule has 7 heteroatoms. The molecule has 0 radical (unpaired) electrons. The Morgan fingerprint density at radius 1 is 1.25 bits per heavy atom. The zero-order valence-corrected chi connectivity index (χ0v) is 14.1. The van der Waals surface area contributed by atoms with E-state index in [0.29, 0.717) is 24.8 Å². The summed E-state index contributed by atoms with van der Waals surface area (Å²) in [6.45, 7) is 0. The number of aliphatic carboxylic acids is 1. The Bertz CT molecular complexity index is 740. The Balaban J connectivity index is 1.80. The maximum Gasteiger partial charge on any atom is 0.305 e. The van der Waals surface area contributed by atoms with Crippen LogP contribution in [0, 0.1) is 5.92 Å². The second-order valence-corrected chi connectivity index (χ2v) is 9.10. The van der Waals surface area contributed by atoms with E-state index in [0.717, 1.165) is 6.42 Å². The molecule has 1 amide bonds. The molecule has 0 aromatic heterocycles. The Morgan fingerprint density at radius 2 is 1.92 bits per heavy atom. The molecule has 3 rings (SSSR count). The molecule has 1 aliphatic carbocycles. The fourth-order valence-corrected chi connectivity index (χ4v) is 6.42. The molecule has 1 aliphatic heterocycles. The minimum atomic E-state index is -3.24. The topological polar surface area (TPSA) is 101 Å². The number of sulfone groups is 1. The molecule has 6 nitrogen and oxygen atoms in total. The zero-order chi connectivity index (χ0) is 17.4. The highest BCUT2D eigenvalue weighted by Gasteiger charge is 2.60. The number of rotatable bonds is 5. The maximum atomic E-state index is 12.7. The lowest BCUT2D eigenvalue weighted by Gasteiger charge is -2.41. The first-order valence-corrected chi connectivity index (χ1v) is 9.80. The van der Waals surface area contributed by atoms with Crippen molar-refractivity contribution in [3.05, 3.63) is 35.9 Å². The standard InChI is InChI=1S/C17H21NO5S/c19-15(20)11-14(12-5-2-1-3-6-12)18-16(21)13-7-10-24(22,23)17(13)8-4-9-17/h1-3,5-6,13-14H,4,7-11H2,(H,18,21)(H,19,20)/t13?,14-/m0/s1. The quantitative estimate of drug-likeness (QED) is 0.840. The highest BCUT2D eigenvalue weighted by atomic mass is 32.2. The van der Waals surface area contributed by atoms with Gasteiger partial charge in [-0.25, -0.2) is 8.42 Å². The van der Waals surface area contributed by atoms with Crippen LogP contribution in [0.15, 0.2) is 30.3 Å². The molecular weight excluding hydrogens is 330 g/mol. The van der Waals surface area contributed by atoms with E-state index < -0.39 is 32.5 Å². The molecule has 1 saturated carbocycles. The van der Waals surface area contributed by atoms with E-state index in [1.54, 1.807) is 24.3 Å². The van der Waals surface area contributed by atoms with Crippen LogP contribution in [-0.4, -0.2) is 35.9 Å². The van der Waals surface area contributed by atoms with Crippen LogP contribution in [0.1, 0.15) is 43.7 Å². The number of amides is 1. The van der Waals surface area contributed by atoms with Gasteiger partial charge in [0.2, 0.25) is 5.91 Å². The van der Waals surface area contributed by atoms with Crippen molar-refractivity contribution in [1.82, 2.24) is 5.32 Å². The summed E-state index contributed by atoms with van der Waals surface area (Å²) in [5, 5.41) is 11.9. The van der Waals surface area contributed by atoms with E-state index in [9.17, 15) is 18.0 Å². The predicted octanol–water partition coefficient (Wildman–Crippen LogP) is 1.68. The van der Waals surface area contributed by atoms with E-state index in [1.807, 2.05) is 6.07 Å². The van der Waals surface area contributed by atoms with Gasteiger partial charge in [-0.3, -0.25) is 9.59 Å². The number of carboxylic acid groups (broad SMARTS) is 1. The van der Waals surface area contributed by atoms with Gasteiger partial charge in [0.25, 0.3) is 0 Å². The summed E-state index contributed by atoms with van der Waals surface area (Å²) < 4.78 is 23.8. The van der Waals surface area contributed by atoms with Crippen molar-refractivity contribution in [3.63, 3.8) is 0 Å². The third-order valence-electron chi connectivity index (χ3n) is 5.34. The van der Waals surface area contributed by atoms with E-state index in [-0.39, 0.29) is 18.1 Å². The molecule has 130 valence electrons. The highest BCUT2D eigenvalue weighted by Crippen LogP contribution is 2.51. The average Bonchev–Trinajstić information content (AvgIpc) is 2.78. The average molecular weight is 351 g/mol. The van der Waals surface area contributed by atoms with Gasteiger partial charge in [0, 0.05) is 0 Å². The van der Waals surface area contributed by atoms with Crippen molar-refractivity contribution in [1.29, 1.82) is 0 Å². The van der Waals surface area contributed by atoms with E-state index >= 15 is 0 Å². The predicted molar refractivity (Wildman–Crippen MR) is 88.1 cm³/mol. The number of benzene rings is 1. The number of nitrogens with one attached hydrogen (secondary N) is 1. The van der Waals surface area contributed by atoms with Crippen molar-refractivity contribution in [2.45, 2.75) is 42.9 Å². The normalized spacial score (nSPS) is 24.9. The van der Waals surface area contributed by atoms with Gasteiger partial charge in [-0.1, -0.05) is 36.8 Å². The molecule has 2 N–H and O–H groups in total. The molecule has 1 unspecified atom stereocenters. The molecular formula is C17H21NO5S. The number of hydrogen-bond acceptors (Lipinski definition) is 4. The van der Waals surface area contributed by atoms with Gasteiger partial charge in [-0.05, 0) is 24.8 Å². The van der Waals surface area contributed by atoms with Crippen LogP contribution in [0.3, 0.4) is 0 Å². The van der Waals surface area contributed by atoms with Gasteiger partial charge in [-0.2, -0.15) is 0 Å². The van der Waals surface area contributed by atoms with Crippen LogP contribution in [0.5, 0.6) is 0 Å². The fourth-order valence-electron chi connectivity index (χ4n) is 3.90. The highest BCUT2D eigenvalue weighted by molar-refractivity contribution is 7.93. The molecule has 1 aromatic carbocycles. The molecule has 1 aromatic rings. The molecule has 0 bridgehead atoms. The molecule has 1 saturated heterocycles. The summed E-state index contributed by atoms with van der Waals surface area (Å²) >= 11 is 0. The van der Waals surface area contributed by atoms with Gasteiger partial charge in [0.1, 0.15) is 0 Å². The summed E-state index contributed by atoms with van der Waals surface area (Å²) in [7, 11) is -3.24. The number of carboxylic acids is 1. The Labute approximate surface area is 141 Å². The number of carbonyl (C=O) groups is 2. The molecule has 1 spiro atoms. The Hall–Kier alpha value is -1.89. The molecule has 2 fully saturated rings. The smallest absolute Gasteiger partial charge is 0.305 e. The molecule has 1 heterocycles. The summed E-state index contributed by atoms with van der Waals surface area (Å²) in [6.07, 6.45) is 1.97. The van der Waals surface area contributed by atoms with Crippen LogP contribution in [0.2, 0.25) is 0 Å². The lowest BCUT2D eigenvalue weighted by molar-refractivity contribution is -0.138. The van der Waals surface area contributed by atoms with Gasteiger partial charge >= 0.3 is 5.97 Å². The van der Waals surface area contributed by atoms with Gasteiger partial charge in [0.05, 0.1) is 28.9 Å². The van der Waals surface area contributed by atoms with Crippen LogP contribution in [0.4, 0.5) is 0 Å². The van der Waals surface area contributed by atoms with Gasteiger partial charge < -0.3 is 10.4 Å². The number of hydrogen-bond donors (Lipinski definition) is 2. The van der Waals surface area contributed by atoms with E-state index in [4.69, 9.17) is 5.11 Å². The third-order valence-corrected chi connectivity index (χ3v) is 8.05. The third kappa shape index (κ3) is 2.81.